The van der Waals surface area contributed by atoms with E-state index >= 15 is 0 Å². The van der Waals surface area contributed by atoms with Crippen LogP contribution in [0, 0.1) is 0 Å². The summed E-state index contributed by atoms with van der Waals surface area (Å²) in [5, 5.41) is 0.584. The third kappa shape index (κ3) is 3.53. The number of amides is 1. The molecule has 3 nitrogen and oxygen atoms in total. The number of hydrogen-bond acceptors (Lipinski definition) is 2. The minimum absolute atomic E-state index is 0.113. The van der Waals surface area contributed by atoms with Crippen LogP contribution in [0.15, 0.2) is 12.1 Å². The molecule has 100 valence electrons. The van der Waals surface area contributed by atoms with Crippen molar-refractivity contribution in [2.24, 2.45) is 0 Å². The van der Waals surface area contributed by atoms with E-state index in [0.717, 1.165) is 12.8 Å². The Labute approximate surface area is 118 Å². The highest BCUT2D eigenvalue weighted by atomic mass is 35.5. The number of hydrogen-bond donors (Lipinski definition) is 1. The Bertz CT molecular complexity index is 429. The van der Waals surface area contributed by atoms with Gasteiger partial charge in [0.05, 0.1) is 15.6 Å². The van der Waals surface area contributed by atoms with E-state index in [4.69, 9.17) is 28.9 Å². The van der Waals surface area contributed by atoms with Crippen LogP contribution in [-0.2, 0) is 0 Å². The molecule has 0 bridgehead atoms. The maximum absolute atomic E-state index is 12.4. The monoisotopic (exact) mass is 288 g/mol. The average Bonchev–Trinajstić information content (AvgIpc) is 2.32. The van der Waals surface area contributed by atoms with E-state index < -0.39 is 0 Å². The summed E-state index contributed by atoms with van der Waals surface area (Å²) in [6.07, 6.45) is 1.80. The molecule has 1 aromatic carbocycles. The summed E-state index contributed by atoms with van der Waals surface area (Å²) in [5.74, 6) is -0.113. The predicted octanol–water partition coefficient (Wildman–Crippen LogP) is 3.84. The standard InChI is InChI=1S/C13H18Cl2N2O/c1-3-5-17(6-4-2)13(18)10-7-9(16)8-11(14)12(10)15/h7-8H,3-6,16H2,1-2H3. The molecule has 0 aliphatic carbocycles. The quantitative estimate of drug-likeness (QED) is 0.837. The van der Waals surface area contributed by atoms with Crippen molar-refractivity contribution in [1.29, 1.82) is 0 Å². The molecule has 0 atom stereocenters. The number of anilines is 1. The summed E-state index contributed by atoms with van der Waals surface area (Å²) in [4.78, 5) is 14.2. The van der Waals surface area contributed by atoms with Gasteiger partial charge in [0, 0.05) is 18.8 Å². The molecule has 1 amide bonds. The van der Waals surface area contributed by atoms with Crippen molar-refractivity contribution in [3.8, 4) is 0 Å². The second kappa shape index (κ2) is 6.86. The predicted molar refractivity (Wildman–Crippen MR) is 77.4 cm³/mol. The molecule has 0 saturated carbocycles. The van der Waals surface area contributed by atoms with Crippen molar-refractivity contribution >= 4 is 34.8 Å². The third-order valence-electron chi connectivity index (χ3n) is 2.56. The fourth-order valence-electron chi connectivity index (χ4n) is 1.79. The zero-order chi connectivity index (χ0) is 13.7. The van der Waals surface area contributed by atoms with Crippen LogP contribution >= 0.6 is 23.2 Å². The third-order valence-corrected chi connectivity index (χ3v) is 3.36. The first-order valence-corrected chi connectivity index (χ1v) is 6.80. The molecule has 1 rings (SSSR count). The second-order valence-corrected chi connectivity index (χ2v) is 4.94. The summed E-state index contributed by atoms with van der Waals surface area (Å²) in [6, 6.07) is 3.12. The van der Waals surface area contributed by atoms with E-state index in [1.54, 1.807) is 17.0 Å². The van der Waals surface area contributed by atoms with Gasteiger partial charge < -0.3 is 10.6 Å². The van der Waals surface area contributed by atoms with Crippen molar-refractivity contribution in [1.82, 2.24) is 4.90 Å². The summed E-state index contributed by atoms with van der Waals surface area (Å²) in [6.45, 7) is 5.47. The van der Waals surface area contributed by atoms with Crippen molar-refractivity contribution in [2.75, 3.05) is 18.8 Å². The molecule has 0 saturated heterocycles. The van der Waals surface area contributed by atoms with Gasteiger partial charge in [0.1, 0.15) is 0 Å². The van der Waals surface area contributed by atoms with Crippen LogP contribution in [0.2, 0.25) is 10.0 Å². The van der Waals surface area contributed by atoms with Gasteiger partial charge in [-0.1, -0.05) is 37.0 Å². The molecular formula is C13H18Cl2N2O. The number of nitrogen functional groups attached to an aromatic ring is 1. The molecule has 0 aliphatic rings. The van der Waals surface area contributed by atoms with E-state index in [0.29, 0.717) is 29.4 Å². The Kier molecular flexibility index (Phi) is 5.76. The van der Waals surface area contributed by atoms with E-state index in [1.807, 2.05) is 13.8 Å². The van der Waals surface area contributed by atoms with Crippen molar-refractivity contribution in [2.45, 2.75) is 26.7 Å². The largest absolute Gasteiger partial charge is 0.399 e. The van der Waals surface area contributed by atoms with E-state index in [9.17, 15) is 4.79 Å². The van der Waals surface area contributed by atoms with Crippen LogP contribution in [0.1, 0.15) is 37.0 Å². The van der Waals surface area contributed by atoms with E-state index in [-0.39, 0.29) is 10.9 Å². The lowest BCUT2D eigenvalue weighted by Gasteiger charge is -2.22. The lowest BCUT2D eigenvalue weighted by molar-refractivity contribution is 0.0756. The van der Waals surface area contributed by atoms with E-state index in [1.165, 1.54) is 0 Å². The Morgan fingerprint density at radius 1 is 1.22 bits per heavy atom. The average molecular weight is 289 g/mol. The number of nitrogens with zero attached hydrogens (tertiary/aromatic N) is 1. The molecule has 0 fully saturated rings. The van der Waals surface area contributed by atoms with Gasteiger partial charge >= 0.3 is 0 Å². The summed E-state index contributed by atoms with van der Waals surface area (Å²) < 4.78 is 0. The molecule has 0 aliphatic heterocycles. The number of halogens is 2. The van der Waals surface area contributed by atoms with Crippen LogP contribution in [-0.4, -0.2) is 23.9 Å². The first-order chi connectivity index (χ1) is 8.51. The van der Waals surface area contributed by atoms with Gasteiger partial charge in [-0.25, -0.2) is 0 Å². The fraction of sp³-hybridized carbons (Fsp3) is 0.462. The van der Waals surface area contributed by atoms with Gasteiger partial charge in [-0.05, 0) is 25.0 Å². The number of nitrogens with two attached hydrogens (primary N) is 1. The molecule has 18 heavy (non-hydrogen) atoms. The molecule has 0 aromatic heterocycles. The first kappa shape index (κ1) is 15.1. The smallest absolute Gasteiger partial charge is 0.255 e. The lowest BCUT2D eigenvalue weighted by Crippen LogP contribution is -2.32. The SMILES string of the molecule is CCCN(CCC)C(=O)c1cc(N)cc(Cl)c1Cl. The van der Waals surface area contributed by atoms with Gasteiger partial charge in [0.2, 0.25) is 0 Å². The maximum atomic E-state index is 12.4. The zero-order valence-electron chi connectivity index (χ0n) is 10.7. The van der Waals surface area contributed by atoms with Gasteiger partial charge in [0.25, 0.3) is 5.91 Å². The number of rotatable bonds is 5. The topological polar surface area (TPSA) is 46.3 Å². The molecule has 0 radical (unpaired) electrons. The van der Waals surface area contributed by atoms with Gasteiger partial charge in [-0.15, -0.1) is 0 Å². The van der Waals surface area contributed by atoms with Crippen LogP contribution in [0.4, 0.5) is 5.69 Å². The Hall–Kier alpha value is -0.930. The van der Waals surface area contributed by atoms with E-state index in [2.05, 4.69) is 0 Å². The van der Waals surface area contributed by atoms with Crippen molar-refractivity contribution < 1.29 is 4.79 Å². The summed E-state index contributed by atoms with van der Waals surface area (Å²) in [7, 11) is 0. The normalized spacial score (nSPS) is 10.4. The highest BCUT2D eigenvalue weighted by molar-refractivity contribution is 6.44. The molecule has 5 heteroatoms. The molecule has 2 N–H and O–H groups in total. The number of benzene rings is 1. The lowest BCUT2D eigenvalue weighted by atomic mass is 10.1. The van der Waals surface area contributed by atoms with Crippen molar-refractivity contribution in [3.63, 3.8) is 0 Å². The van der Waals surface area contributed by atoms with Crippen molar-refractivity contribution in [3.05, 3.63) is 27.7 Å². The molecule has 0 spiro atoms. The first-order valence-electron chi connectivity index (χ1n) is 6.05. The van der Waals surface area contributed by atoms with Gasteiger partial charge in [-0.3, -0.25) is 4.79 Å². The Balaban J connectivity index is 3.07. The van der Waals surface area contributed by atoms with Crippen LogP contribution in [0.5, 0.6) is 0 Å². The molecule has 0 heterocycles. The summed E-state index contributed by atoms with van der Waals surface area (Å²) >= 11 is 12.0. The van der Waals surface area contributed by atoms with Crippen LogP contribution in [0.3, 0.4) is 0 Å². The highest BCUT2D eigenvalue weighted by Gasteiger charge is 2.19. The van der Waals surface area contributed by atoms with Gasteiger partial charge in [-0.2, -0.15) is 0 Å². The highest BCUT2D eigenvalue weighted by Crippen LogP contribution is 2.29. The molecule has 1 aromatic rings. The maximum Gasteiger partial charge on any atom is 0.255 e. The van der Waals surface area contributed by atoms with Gasteiger partial charge in [0.15, 0.2) is 0 Å². The zero-order valence-corrected chi connectivity index (χ0v) is 12.2. The van der Waals surface area contributed by atoms with Crippen LogP contribution in [0.25, 0.3) is 0 Å². The minimum Gasteiger partial charge on any atom is -0.399 e. The number of carbonyl (C=O) groups excluding carboxylic acids is 1. The molecule has 0 unspecified atom stereocenters. The number of carbonyl (C=O) groups is 1. The fourth-order valence-corrected chi connectivity index (χ4v) is 2.21. The molecular weight excluding hydrogens is 271 g/mol. The van der Waals surface area contributed by atoms with Crippen LogP contribution < -0.4 is 5.73 Å². The summed E-state index contributed by atoms with van der Waals surface area (Å²) in [5.41, 5.74) is 6.52. The second-order valence-electron chi connectivity index (χ2n) is 4.16. The Morgan fingerprint density at radius 3 is 2.28 bits per heavy atom. The Morgan fingerprint density at radius 2 is 1.78 bits per heavy atom. The minimum atomic E-state index is -0.113.